The number of aliphatic carboxylic acids is 1. The summed E-state index contributed by atoms with van der Waals surface area (Å²) in [5, 5.41) is 20.1. The van der Waals surface area contributed by atoms with Gasteiger partial charge in [-0.3, -0.25) is 4.79 Å². The van der Waals surface area contributed by atoms with Crippen molar-refractivity contribution in [1.82, 2.24) is 0 Å². The number of hydrogen-bond acceptors (Lipinski definition) is 2. The Morgan fingerprint density at radius 1 is 1.32 bits per heavy atom. The fourth-order valence-corrected chi connectivity index (χ4v) is 3.14. The van der Waals surface area contributed by atoms with E-state index in [1.54, 1.807) is 6.07 Å². The first-order valence-corrected chi connectivity index (χ1v) is 7.11. The fraction of sp³-hybridized carbons (Fsp3) is 0.533. The van der Waals surface area contributed by atoms with Crippen molar-refractivity contribution in [2.75, 3.05) is 0 Å². The van der Waals surface area contributed by atoms with Gasteiger partial charge in [0.1, 0.15) is 0 Å². The molecule has 3 unspecified atom stereocenters. The van der Waals surface area contributed by atoms with Gasteiger partial charge in [0.05, 0.1) is 12.0 Å². The van der Waals surface area contributed by atoms with Crippen LogP contribution in [-0.2, 0) is 11.2 Å². The summed E-state index contributed by atoms with van der Waals surface area (Å²) in [6.07, 6.45) is 3.35. The first-order valence-electron chi connectivity index (χ1n) is 6.74. The maximum atomic E-state index is 11.5. The van der Waals surface area contributed by atoms with Gasteiger partial charge in [0.15, 0.2) is 0 Å². The maximum Gasteiger partial charge on any atom is 0.307 e. The predicted octanol–water partition coefficient (Wildman–Crippen LogP) is 3.13. The summed E-state index contributed by atoms with van der Waals surface area (Å²) in [6, 6.07) is 7.31. The molecule has 1 fully saturated rings. The number of carboxylic acids is 1. The van der Waals surface area contributed by atoms with E-state index >= 15 is 0 Å². The molecule has 0 bridgehead atoms. The number of carboxylic acid groups (broad SMARTS) is 1. The largest absolute Gasteiger partial charge is 0.481 e. The third-order valence-electron chi connectivity index (χ3n) is 4.01. The average Bonchev–Trinajstić information content (AvgIpc) is 2.38. The van der Waals surface area contributed by atoms with Crippen molar-refractivity contribution in [2.24, 2.45) is 11.8 Å². The third-order valence-corrected chi connectivity index (χ3v) is 4.38. The van der Waals surface area contributed by atoms with Gasteiger partial charge in [0, 0.05) is 5.02 Å². The molecule has 3 nitrogen and oxygen atoms in total. The van der Waals surface area contributed by atoms with Gasteiger partial charge in [0.25, 0.3) is 0 Å². The Hall–Kier alpha value is -1.06. The lowest BCUT2D eigenvalue weighted by atomic mass is 9.75. The summed E-state index contributed by atoms with van der Waals surface area (Å²) in [4.78, 5) is 11.5. The van der Waals surface area contributed by atoms with Crippen LogP contribution in [0.25, 0.3) is 0 Å². The lowest BCUT2D eigenvalue weighted by Crippen LogP contribution is -2.36. The summed E-state index contributed by atoms with van der Waals surface area (Å²) in [6.45, 7) is 0. The minimum atomic E-state index is -0.842. The van der Waals surface area contributed by atoms with Gasteiger partial charge < -0.3 is 10.2 Å². The third kappa shape index (κ3) is 3.48. The van der Waals surface area contributed by atoms with Crippen molar-refractivity contribution in [2.45, 2.75) is 38.2 Å². The van der Waals surface area contributed by atoms with E-state index in [4.69, 9.17) is 11.6 Å². The highest BCUT2D eigenvalue weighted by atomic mass is 35.5. The molecule has 104 valence electrons. The van der Waals surface area contributed by atoms with E-state index in [0.29, 0.717) is 17.9 Å². The zero-order chi connectivity index (χ0) is 13.8. The summed E-state index contributed by atoms with van der Waals surface area (Å²) in [5.41, 5.74) is 0.842. The Kier molecular flexibility index (Phi) is 4.83. The van der Waals surface area contributed by atoms with Crippen LogP contribution in [0, 0.1) is 11.8 Å². The molecule has 1 aliphatic carbocycles. The minimum Gasteiger partial charge on any atom is -0.481 e. The van der Waals surface area contributed by atoms with Crippen LogP contribution < -0.4 is 0 Å². The number of hydrogen-bond donors (Lipinski definition) is 2. The first kappa shape index (κ1) is 14.4. The van der Waals surface area contributed by atoms with Crippen molar-refractivity contribution < 1.29 is 15.0 Å². The molecule has 4 heteroatoms. The van der Waals surface area contributed by atoms with E-state index < -0.39 is 18.0 Å². The van der Waals surface area contributed by atoms with Crippen molar-refractivity contribution in [1.29, 1.82) is 0 Å². The van der Waals surface area contributed by atoms with Gasteiger partial charge >= 0.3 is 5.97 Å². The summed E-state index contributed by atoms with van der Waals surface area (Å²) in [5.74, 6) is -1.57. The lowest BCUT2D eigenvalue weighted by Gasteiger charge is -2.32. The lowest BCUT2D eigenvalue weighted by molar-refractivity contribution is -0.146. The molecule has 0 aliphatic heterocycles. The summed E-state index contributed by atoms with van der Waals surface area (Å²) < 4.78 is 0. The molecule has 0 spiro atoms. The number of rotatable bonds is 4. The molecule has 1 aromatic carbocycles. The number of aliphatic hydroxyl groups excluding tert-OH is 1. The molecular formula is C15H19ClO3. The number of carbonyl (C=O) groups is 1. The van der Waals surface area contributed by atoms with Gasteiger partial charge in [-0.2, -0.15) is 0 Å². The zero-order valence-corrected chi connectivity index (χ0v) is 11.5. The zero-order valence-electron chi connectivity index (χ0n) is 10.8. The molecule has 2 N–H and O–H groups in total. The molecule has 2 rings (SSSR count). The Labute approximate surface area is 118 Å². The monoisotopic (exact) mass is 282 g/mol. The molecule has 0 aromatic heterocycles. The highest BCUT2D eigenvalue weighted by Gasteiger charge is 2.35. The number of benzene rings is 1. The maximum absolute atomic E-state index is 11.5. The molecule has 1 aliphatic rings. The SMILES string of the molecule is O=C(O)C(Cc1ccccc1Cl)C1CCCCC1O. The van der Waals surface area contributed by atoms with Crippen LogP contribution in [0.3, 0.4) is 0 Å². The van der Waals surface area contributed by atoms with E-state index in [2.05, 4.69) is 0 Å². The van der Waals surface area contributed by atoms with Gasteiger partial charge in [-0.05, 0) is 36.8 Å². The number of aliphatic hydroxyl groups is 1. The van der Waals surface area contributed by atoms with E-state index in [-0.39, 0.29) is 5.92 Å². The topological polar surface area (TPSA) is 57.5 Å². The predicted molar refractivity (Wildman–Crippen MR) is 74.2 cm³/mol. The van der Waals surface area contributed by atoms with E-state index in [1.807, 2.05) is 18.2 Å². The molecule has 0 radical (unpaired) electrons. The Balaban J connectivity index is 2.16. The molecule has 1 aromatic rings. The molecule has 0 amide bonds. The van der Waals surface area contributed by atoms with Crippen LogP contribution >= 0.6 is 11.6 Å². The Morgan fingerprint density at radius 3 is 2.63 bits per heavy atom. The van der Waals surface area contributed by atoms with Gasteiger partial charge in [-0.15, -0.1) is 0 Å². The van der Waals surface area contributed by atoms with Gasteiger partial charge in [-0.1, -0.05) is 42.6 Å². The van der Waals surface area contributed by atoms with E-state index in [0.717, 1.165) is 24.8 Å². The average molecular weight is 283 g/mol. The highest BCUT2D eigenvalue weighted by molar-refractivity contribution is 6.31. The normalized spacial score (nSPS) is 24.9. The van der Waals surface area contributed by atoms with E-state index in [9.17, 15) is 15.0 Å². The Bertz CT molecular complexity index is 447. The quantitative estimate of drug-likeness (QED) is 0.892. The smallest absolute Gasteiger partial charge is 0.307 e. The molecular weight excluding hydrogens is 264 g/mol. The summed E-state index contributed by atoms with van der Waals surface area (Å²) in [7, 11) is 0. The van der Waals surface area contributed by atoms with Crippen LogP contribution in [0.1, 0.15) is 31.2 Å². The summed E-state index contributed by atoms with van der Waals surface area (Å²) >= 11 is 6.09. The second kappa shape index (κ2) is 6.40. The van der Waals surface area contributed by atoms with Crippen molar-refractivity contribution in [3.63, 3.8) is 0 Å². The minimum absolute atomic E-state index is 0.164. The van der Waals surface area contributed by atoms with Crippen LogP contribution in [0.5, 0.6) is 0 Å². The fourth-order valence-electron chi connectivity index (χ4n) is 2.93. The first-order chi connectivity index (χ1) is 9.09. The van der Waals surface area contributed by atoms with Crippen molar-refractivity contribution >= 4 is 17.6 Å². The van der Waals surface area contributed by atoms with Gasteiger partial charge in [0.2, 0.25) is 0 Å². The van der Waals surface area contributed by atoms with Crippen molar-refractivity contribution in [3.8, 4) is 0 Å². The van der Waals surface area contributed by atoms with Crippen LogP contribution in [0.4, 0.5) is 0 Å². The van der Waals surface area contributed by atoms with Crippen molar-refractivity contribution in [3.05, 3.63) is 34.9 Å². The van der Waals surface area contributed by atoms with E-state index in [1.165, 1.54) is 0 Å². The number of halogens is 1. The molecule has 3 atom stereocenters. The van der Waals surface area contributed by atoms with Gasteiger partial charge in [-0.25, -0.2) is 0 Å². The second-order valence-corrected chi connectivity index (χ2v) is 5.66. The standard InChI is InChI=1S/C15H19ClO3/c16-13-7-3-1-5-10(13)9-12(15(18)19)11-6-2-4-8-14(11)17/h1,3,5,7,11-12,14,17H,2,4,6,8-9H2,(H,18,19). The molecule has 19 heavy (non-hydrogen) atoms. The molecule has 1 saturated carbocycles. The highest BCUT2D eigenvalue weighted by Crippen LogP contribution is 2.33. The molecule has 0 heterocycles. The Morgan fingerprint density at radius 2 is 2.00 bits per heavy atom. The molecule has 0 saturated heterocycles. The van der Waals surface area contributed by atoms with Crippen LogP contribution in [0.15, 0.2) is 24.3 Å². The van der Waals surface area contributed by atoms with Crippen LogP contribution in [-0.4, -0.2) is 22.3 Å². The van der Waals surface area contributed by atoms with Crippen LogP contribution in [0.2, 0.25) is 5.02 Å². The second-order valence-electron chi connectivity index (χ2n) is 5.26.